The van der Waals surface area contributed by atoms with E-state index in [1.54, 1.807) is 36.4 Å². The van der Waals surface area contributed by atoms with Crippen LogP contribution in [0.5, 0.6) is 0 Å². The molecule has 0 saturated heterocycles. The topological polar surface area (TPSA) is 90.3 Å². The van der Waals surface area contributed by atoms with Gasteiger partial charge in [0.15, 0.2) is 11.8 Å². The molecule has 0 fully saturated rings. The predicted octanol–water partition coefficient (Wildman–Crippen LogP) is 4.08. The van der Waals surface area contributed by atoms with Crippen LogP contribution in [0.1, 0.15) is 49.2 Å². The minimum atomic E-state index is -1.03. The maximum Gasteiger partial charge on any atom is 0.360 e. The minimum absolute atomic E-state index is 0.0293. The molecule has 0 aliphatic carbocycles. The van der Waals surface area contributed by atoms with Crippen molar-refractivity contribution in [2.45, 2.75) is 52.7 Å². The number of carbonyl (C=O) groups is 2. The van der Waals surface area contributed by atoms with Crippen LogP contribution in [0.3, 0.4) is 0 Å². The van der Waals surface area contributed by atoms with Crippen LogP contribution < -0.4 is 10.9 Å². The first kappa shape index (κ1) is 22.2. The van der Waals surface area contributed by atoms with Gasteiger partial charge in [-0.1, -0.05) is 55.7 Å². The molecular formula is C24H27N3O4. The largest absolute Gasteiger partial charge is 0.448 e. The van der Waals surface area contributed by atoms with E-state index in [4.69, 9.17) is 4.74 Å². The molecule has 0 radical (unpaired) electrons. The summed E-state index contributed by atoms with van der Waals surface area (Å²) in [6.07, 6.45) is 1.71. The van der Waals surface area contributed by atoms with Gasteiger partial charge in [0.2, 0.25) is 0 Å². The van der Waals surface area contributed by atoms with Crippen LogP contribution in [0.2, 0.25) is 0 Å². The summed E-state index contributed by atoms with van der Waals surface area (Å²) in [4.78, 5) is 38.1. The van der Waals surface area contributed by atoms with Gasteiger partial charge in [0, 0.05) is 17.6 Å². The lowest BCUT2D eigenvalue weighted by atomic mass is 10.1. The third-order valence-electron chi connectivity index (χ3n) is 5.01. The number of fused-ring (bicyclic) bond motifs is 1. The smallest absolute Gasteiger partial charge is 0.360 e. The van der Waals surface area contributed by atoms with Crippen molar-refractivity contribution in [2.24, 2.45) is 0 Å². The van der Waals surface area contributed by atoms with E-state index in [0.717, 1.165) is 24.8 Å². The van der Waals surface area contributed by atoms with E-state index in [2.05, 4.69) is 17.3 Å². The summed E-state index contributed by atoms with van der Waals surface area (Å²) in [6.45, 7) is 5.94. The lowest BCUT2D eigenvalue weighted by molar-refractivity contribution is -0.123. The molecule has 7 nitrogen and oxygen atoms in total. The molecule has 31 heavy (non-hydrogen) atoms. The number of amides is 1. The highest BCUT2D eigenvalue weighted by Gasteiger charge is 2.23. The number of hydrogen-bond acceptors (Lipinski definition) is 5. The molecule has 0 saturated carbocycles. The second-order valence-electron chi connectivity index (χ2n) is 7.53. The van der Waals surface area contributed by atoms with Gasteiger partial charge >= 0.3 is 5.97 Å². The van der Waals surface area contributed by atoms with Gasteiger partial charge < -0.3 is 10.1 Å². The first-order chi connectivity index (χ1) is 14.9. The van der Waals surface area contributed by atoms with E-state index in [9.17, 15) is 14.4 Å². The summed E-state index contributed by atoms with van der Waals surface area (Å²) in [5.41, 5.74) is 1.48. The Morgan fingerprint density at radius 2 is 1.74 bits per heavy atom. The van der Waals surface area contributed by atoms with Crippen LogP contribution in [0.25, 0.3) is 10.8 Å². The zero-order valence-electron chi connectivity index (χ0n) is 18.1. The molecule has 7 heteroatoms. The van der Waals surface area contributed by atoms with Gasteiger partial charge in [-0.2, -0.15) is 5.10 Å². The number of benzene rings is 2. The molecular weight excluding hydrogens is 394 g/mol. The summed E-state index contributed by atoms with van der Waals surface area (Å²) in [5.74, 6) is -1.19. The Bertz CT molecular complexity index is 1140. The molecule has 0 aliphatic rings. The highest BCUT2D eigenvalue weighted by Crippen LogP contribution is 2.16. The summed E-state index contributed by atoms with van der Waals surface area (Å²) < 4.78 is 6.71. The number of ether oxygens (including phenoxy) is 1. The van der Waals surface area contributed by atoms with Gasteiger partial charge in [0.05, 0.1) is 5.39 Å². The fourth-order valence-corrected chi connectivity index (χ4v) is 3.20. The van der Waals surface area contributed by atoms with Crippen molar-refractivity contribution in [3.8, 4) is 0 Å². The molecule has 0 unspecified atom stereocenters. The summed E-state index contributed by atoms with van der Waals surface area (Å²) in [6, 6.07) is 14.1. The quantitative estimate of drug-likeness (QED) is 0.437. The Morgan fingerprint density at radius 3 is 2.42 bits per heavy atom. The monoisotopic (exact) mass is 421 g/mol. The zero-order chi connectivity index (χ0) is 22.4. The maximum absolute atomic E-state index is 12.9. The molecule has 3 aromatic rings. The number of anilines is 1. The molecule has 2 aromatic carbocycles. The predicted molar refractivity (Wildman–Crippen MR) is 120 cm³/mol. The van der Waals surface area contributed by atoms with Crippen molar-refractivity contribution in [3.63, 3.8) is 0 Å². The highest BCUT2D eigenvalue weighted by molar-refractivity contribution is 6.03. The van der Waals surface area contributed by atoms with Gasteiger partial charge in [0.25, 0.3) is 11.5 Å². The first-order valence-electron chi connectivity index (χ1n) is 10.5. The lowest BCUT2D eigenvalue weighted by Crippen LogP contribution is -2.32. The number of nitrogens with one attached hydrogen (secondary N) is 1. The lowest BCUT2D eigenvalue weighted by Gasteiger charge is -2.15. The van der Waals surface area contributed by atoms with Crippen molar-refractivity contribution in [1.29, 1.82) is 0 Å². The second-order valence-corrected chi connectivity index (χ2v) is 7.53. The molecule has 1 N–H and O–H groups in total. The number of nitrogens with zero attached hydrogens (tertiary/aromatic N) is 2. The molecule has 0 bridgehead atoms. The Labute approximate surface area is 181 Å². The molecule has 1 amide bonds. The van der Waals surface area contributed by atoms with Gasteiger partial charge in [0.1, 0.15) is 0 Å². The zero-order valence-corrected chi connectivity index (χ0v) is 18.1. The fourth-order valence-electron chi connectivity index (χ4n) is 3.20. The van der Waals surface area contributed by atoms with Crippen molar-refractivity contribution in [1.82, 2.24) is 9.78 Å². The standard InChI is InChI=1S/C24H27N3O4/c1-4-5-8-15-27-23(29)20-10-7-6-9-19(20)21(26-27)24(30)31-17(3)22(28)25-18-13-11-16(2)12-14-18/h6-7,9-14,17H,4-5,8,15H2,1-3H3,(H,25,28)/t17-/m1/s1. The minimum Gasteiger partial charge on any atom is -0.448 e. The van der Waals surface area contributed by atoms with Gasteiger partial charge in [-0.15, -0.1) is 0 Å². The number of unbranched alkanes of at least 4 members (excludes halogenated alkanes) is 2. The molecule has 3 rings (SSSR count). The molecule has 162 valence electrons. The van der Waals surface area contributed by atoms with Crippen molar-refractivity contribution in [2.75, 3.05) is 5.32 Å². The van der Waals surface area contributed by atoms with Crippen LogP contribution in [-0.4, -0.2) is 27.8 Å². The Hall–Kier alpha value is -3.48. The van der Waals surface area contributed by atoms with Gasteiger partial charge in [-0.25, -0.2) is 9.48 Å². The number of carbonyl (C=O) groups excluding carboxylic acids is 2. The van der Waals surface area contributed by atoms with Crippen molar-refractivity contribution >= 4 is 28.3 Å². The normalized spacial score (nSPS) is 11.8. The summed E-state index contributed by atoms with van der Waals surface area (Å²) >= 11 is 0. The molecule has 0 spiro atoms. The summed E-state index contributed by atoms with van der Waals surface area (Å²) in [7, 11) is 0. The van der Waals surface area contributed by atoms with Crippen LogP contribution in [-0.2, 0) is 16.1 Å². The van der Waals surface area contributed by atoms with E-state index < -0.39 is 18.0 Å². The SMILES string of the molecule is CCCCCn1nc(C(=O)O[C@H](C)C(=O)Nc2ccc(C)cc2)c2ccccc2c1=O. The highest BCUT2D eigenvalue weighted by atomic mass is 16.5. The number of hydrogen-bond donors (Lipinski definition) is 1. The van der Waals surface area contributed by atoms with Crippen molar-refractivity contribution < 1.29 is 14.3 Å². The average molecular weight is 421 g/mol. The van der Waals surface area contributed by atoms with Gasteiger partial charge in [-0.05, 0) is 38.5 Å². The third kappa shape index (κ3) is 5.36. The molecule has 1 atom stereocenters. The Balaban J connectivity index is 1.82. The first-order valence-corrected chi connectivity index (χ1v) is 10.5. The summed E-state index contributed by atoms with van der Waals surface area (Å²) in [5, 5.41) is 7.82. The number of aromatic nitrogens is 2. The van der Waals surface area contributed by atoms with Crippen LogP contribution >= 0.6 is 0 Å². The van der Waals surface area contributed by atoms with E-state index >= 15 is 0 Å². The van der Waals surface area contributed by atoms with Crippen LogP contribution in [0, 0.1) is 6.92 Å². The van der Waals surface area contributed by atoms with E-state index in [1.807, 2.05) is 19.1 Å². The molecule has 1 aromatic heterocycles. The maximum atomic E-state index is 12.9. The fraction of sp³-hybridized carbons (Fsp3) is 0.333. The van der Waals surface area contributed by atoms with Crippen molar-refractivity contribution in [3.05, 3.63) is 70.1 Å². The van der Waals surface area contributed by atoms with Crippen LogP contribution in [0.15, 0.2) is 53.3 Å². The third-order valence-corrected chi connectivity index (χ3v) is 5.01. The second kappa shape index (κ2) is 10.0. The molecule has 0 aliphatic heterocycles. The number of aryl methyl sites for hydroxylation is 2. The van der Waals surface area contributed by atoms with Gasteiger partial charge in [-0.3, -0.25) is 9.59 Å². The Kier molecular flexibility index (Phi) is 7.18. The van der Waals surface area contributed by atoms with E-state index in [1.165, 1.54) is 11.6 Å². The molecule has 1 heterocycles. The Morgan fingerprint density at radius 1 is 1.06 bits per heavy atom. The van der Waals surface area contributed by atoms with Crippen LogP contribution in [0.4, 0.5) is 5.69 Å². The van der Waals surface area contributed by atoms with E-state index in [-0.39, 0.29) is 11.3 Å². The number of rotatable bonds is 8. The van der Waals surface area contributed by atoms with E-state index in [0.29, 0.717) is 23.0 Å². The average Bonchev–Trinajstić information content (AvgIpc) is 2.77. The number of esters is 1.